The number of hydrogen-bond acceptors (Lipinski definition) is 5. The first-order valence-electron chi connectivity index (χ1n) is 6.30. The van der Waals surface area contributed by atoms with Crippen LogP contribution in [0.25, 0.3) is 0 Å². The van der Waals surface area contributed by atoms with E-state index in [1.807, 2.05) is 13.8 Å². The van der Waals surface area contributed by atoms with Crippen molar-refractivity contribution < 1.29 is 13.2 Å². The Hall–Kier alpha value is -0.540. The third kappa shape index (κ3) is 3.73. The molecule has 0 aromatic carbocycles. The molecule has 108 valence electrons. The van der Waals surface area contributed by atoms with E-state index in [0.29, 0.717) is 32.8 Å². The Morgan fingerprint density at radius 2 is 2.11 bits per heavy atom. The Kier molecular flexibility index (Phi) is 4.91. The van der Waals surface area contributed by atoms with Gasteiger partial charge in [0.1, 0.15) is 0 Å². The van der Waals surface area contributed by atoms with Crippen LogP contribution in [0.1, 0.15) is 22.5 Å². The van der Waals surface area contributed by atoms with Gasteiger partial charge in [0.25, 0.3) is 10.2 Å². The summed E-state index contributed by atoms with van der Waals surface area (Å²) in [4.78, 5) is 5.37. The van der Waals surface area contributed by atoms with Crippen LogP contribution in [0, 0.1) is 6.92 Å². The number of nitrogens with one attached hydrogen (secondary N) is 1. The molecule has 0 amide bonds. The van der Waals surface area contributed by atoms with Gasteiger partial charge in [0.05, 0.1) is 23.9 Å². The SMILES string of the molecule is CCc1nc(C)c(CNS(=O)(=O)N2CCOCC2)s1. The zero-order chi connectivity index (χ0) is 13.9. The minimum atomic E-state index is -3.41. The van der Waals surface area contributed by atoms with E-state index in [9.17, 15) is 8.42 Å². The van der Waals surface area contributed by atoms with Crippen molar-refractivity contribution in [1.82, 2.24) is 14.0 Å². The molecule has 0 spiro atoms. The summed E-state index contributed by atoms with van der Waals surface area (Å²) in [6.07, 6.45) is 0.877. The van der Waals surface area contributed by atoms with Crippen LogP contribution in [0.3, 0.4) is 0 Å². The third-order valence-corrected chi connectivity index (χ3v) is 5.82. The van der Waals surface area contributed by atoms with Crippen molar-refractivity contribution in [2.75, 3.05) is 26.3 Å². The molecule has 19 heavy (non-hydrogen) atoms. The van der Waals surface area contributed by atoms with Crippen LogP contribution in [-0.2, 0) is 27.9 Å². The smallest absolute Gasteiger partial charge is 0.279 e. The van der Waals surface area contributed by atoms with Crippen molar-refractivity contribution in [3.63, 3.8) is 0 Å². The number of rotatable bonds is 5. The zero-order valence-corrected chi connectivity index (χ0v) is 12.8. The molecule has 6 nitrogen and oxygen atoms in total. The molecule has 2 rings (SSSR count). The number of aryl methyl sites for hydroxylation is 2. The van der Waals surface area contributed by atoms with Crippen LogP contribution in [0.15, 0.2) is 0 Å². The first-order valence-corrected chi connectivity index (χ1v) is 8.56. The van der Waals surface area contributed by atoms with E-state index < -0.39 is 10.2 Å². The number of hydrogen-bond donors (Lipinski definition) is 1. The second-order valence-electron chi connectivity index (χ2n) is 4.31. The molecular formula is C11H19N3O3S2. The Labute approximate surface area is 118 Å². The summed E-state index contributed by atoms with van der Waals surface area (Å²) in [5.74, 6) is 0. The summed E-state index contributed by atoms with van der Waals surface area (Å²) >= 11 is 1.57. The van der Waals surface area contributed by atoms with Crippen molar-refractivity contribution in [3.8, 4) is 0 Å². The average Bonchev–Trinajstić information content (AvgIpc) is 2.78. The quantitative estimate of drug-likeness (QED) is 0.868. The Balaban J connectivity index is 1.98. The topological polar surface area (TPSA) is 71.5 Å². The lowest BCUT2D eigenvalue weighted by Gasteiger charge is -2.25. The number of nitrogens with zero attached hydrogens (tertiary/aromatic N) is 2. The lowest BCUT2D eigenvalue weighted by molar-refractivity contribution is 0.0725. The molecule has 1 fully saturated rings. The fraction of sp³-hybridized carbons (Fsp3) is 0.727. The largest absolute Gasteiger partial charge is 0.379 e. The summed E-state index contributed by atoms with van der Waals surface area (Å²) in [5.41, 5.74) is 0.909. The highest BCUT2D eigenvalue weighted by molar-refractivity contribution is 7.87. The van der Waals surface area contributed by atoms with Gasteiger partial charge in [0.15, 0.2) is 0 Å². The Morgan fingerprint density at radius 3 is 2.68 bits per heavy atom. The molecule has 2 heterocycles. The second-order valence-corrected chi connectivity index (χ2v) is 7.23. The molecule has 0 atom stereocenters. The summed E-state index contributed by atoms with van der Waals surface area (Å²) in [7, 11) is -3.41. The highest BCUT2D eigenvalue weighted by atomic mass is 32.2. The van der Waals surface area contributed by atoms with E-state index >= 15 is 0 Å². The maximum absolute atomic E-state index is 12.1. The molecule has 1 aliphatic heterocycles. The standard InChI is InChI=1S/C11H19N3O3S2/c1-3-11-13-9(2)10(18-11)8-12-19(15,16)14-4-6-17-7-5-14/h12H,3-8H2,1-2H3. The van der Waals surface area contributed by atoms with Crippen LogP contribution >= 0.6 is 11.3 Å². The first kappa shape index (κ1) is 14.9. The molecular weight excluding hydrogens is 286 g/mol. The fourth-order valence-corrected chi connectivity index (χ4v) is 4.02. The van der Waals surface area contributed by atoms with Crippen LogP contribution in [-0.4, -0.2) is 44.0 Å². The van der Waals surface area contributed by atoms with Crippen LogP contribution in [0.2, 0.25) is 0 Å². The molecule has 1 aromatic heterocycles. The van der Waals surface area contributed by atoms with Crippen LogP contribution in [0.5, 0.6) is 0 Å². The molecule has 1 N–H and O–H groups in total. The summed E-state index contributed by atoms with van der Waals surface area (Å²) in [6, 6.07) is 0. The molecule has 0 saturated carbocycles. The summed E-state index contributed by atoms with van der Waals surface area (Å²) < 4.78 is 33.4. The van der Waals surface area contributed by atoms with Crippen molar-refractivity contribution >= 4 is 21.5 Å². The molecule has 8 heteroatoms. The zero-order valence-electron chi connectivity index (χ0n) is 11.2. The van der Waals surface area contributed by atoms with Gasteiger partial charge < -0.3 is 4.74 Å². The minimum Gasteiger partial charge on any atom is -0.379 e. The van der Waals surface area contributed by atoms with Gasteiger partial charge in [-0.15, -0.1) is 11.3 Å². The fourth-order valence-electron chi connectivity index (χ4n) is 1.84. The molecule has 0 unspecified atom stereocenters. The molecule has 1 aliphatic rings. The van der Waals surface area contributed by atoms with E-state index in [1.54, 1.807) is 11.3 Å². The van der Waals surface area contributed by atoms with Gasteiger partial charge in [-0.1, -0.05) is 6.92 Å². The van der Waals surface area contributed by atoms with E-state index in [2.05, 4.69) is 9.71 Å². The summed E-state index contributed by atoms with van der Waals surface area (Å²) in [6.45, 7) is 6.01. The van der Waals surface area contributed by atoms with Gasteiger partial charge >= 0.3 is 0 Å². The van der Waals surface area contributed by atoms with Gasteiger partial charge in [-0.05, 0) is 13.3 Å². The summed E-state index contributed by atoms with van der Waals surface area (Å²) in [5, 5.41) is 1.04. The van der Waals surface area contributed by atoms with Gasteiger partial charge in [0, 0.05) is 24.5 Å². The maximum atomic E-state index is 12.1. The monoisotopic (exact) mass is 305 g/mol. The lowest BCUT2D eigenvalue weighted by atomic mass is 10.4. The van der Waals surface area contributed by atoms with Crippen molar-refractivity contribution in [1.29, 1.82) is 0 Å². The van der Waals surface area contributed by atoms with Crippen LogP contribution in [0.4, 0.5) is 0 Å². The highest BCUT2D eigenvalue weighted by Crippen LogP contribution is 2.18. The maximum Gasteiger partial charge on any atom is 0.279 e. The van der Waals surface area contributed by atoms with Gasteiger partial charge in [-0.3, -0.25) is 0 Å². The number of morpholine rings is 1. The van der Waals surface area contributed by atoms with Gasteiger partial charge in [0.2, 0.25) is 0 Å². The number of aromatic nitrogens is 1. The van der Waals surface area contributed by atoms with Gasteiger partial charge in [-0.2, -0.15) is 17.4 Å². The van der Waals surface area contributed by atoms with Crippen LogP contribution < -0.4 is 4.72 Å². The number of ether oxygens (including phenoxy) is 1. The van der Waals surface area contributed by atoms with E-state index in [-0.39, 0.29) is 0 Å². The minimum absolute atomic E-state index is 0.309. The molecule has 1 aromatic rings. The lowest BCUT2D eigenvalue weighted by Crippen LogP contribution is -2.46. The van der Waals surface area contributed by atoms with Crippen molar-refractivity contribution in [2.24, 2.45) is 0 Å². The Bertz CT molecular complexity index is 521. The second kappa shape index (κ2) is 6.27. The van der Waals surface area contributed by atoms with E-state index in [1.165, 1.54) is 4.31 Å². The van der Waals surface area contributed by atoms with E-state index in [4.69, 9.17) is 4.74 Å². The average molecular weight is 305 g/mol. The van der Waals surface area contributed by atoms with E-state index in [0.717, 1.165) is 22.0 Å². The molecule has 0 bridgehead atoms. The van der Waals surface area contributed by atoms with Crippen molar-refractivity contribution in [3.05, 3.63) is 15.6 Å². The number of thiazole rings is 1. The van der Waals surface area contributed by atoms with Crippen molar-refractivity contribution in [2.45, 2.75) is 26.8 Å². The molecule has 1 saturated heterocycles. The normalized spacial score (nSPS) is 17.8. The molecule has 0 radical (unpaired) electrons. The highest BCUT2D eigenvalue weighted by Gasteiger charge is 2.24. The van der Waals surface area contributed by atoms with Gasteiger partial charge in [-0.25, -0.2) is 4.98 Å². The predicted molar refractivity (Wildman–Crippen MR) is 74.4 cm³/mol. The Morgan fingerprint density at radius 1 is 1.42 bits per heavy atom. The first-order chi connectivity index (χ1) is 9.03. The third-order valence-electron chi connectivity index (χ3n) is 2.96. The molecule has 0 aliphatic carbocycles. The predicted octanol–water partition coefficient (Wildman–Crippen LogP) is 0.681.